The zero-order valence-electron chi connectivity index (χ0n) is 11.1. The average Bonchev–Trinajstić information content (AvgIpc) is 2.84. The zero-order chi connectivity index (χ0) is 13.9. The molecule has 8 nitrogen and oxygen atoms in total. The van der Waals surface area contributed by atoms with Crippen molar-refractivity contribution in [2.75, 3.05) is 38.6 Å². The summed E-state index contributed by atoms with van der Waals surface area (Å²) in [6, 6.07) is 0. The largest absolute Gasteiger partial charge is 0.390 e. The first-order chi connectivity index (χ1) is 9.74. The van der Waals surface area contributed by atoms with Gasteiger partial charge in [0, 0.05) is 19.6 Å². The van der Waals surface area contributed by atoms with Crippen LogP contribution < -0.4 is 5.73 Å². The van der Waals surface area contributed by atoms with Gasteiger partial charge < -0.3 is 20.1 Å². The molecule has 1 aliphatic heterocycles. The second kappa shape index (κ2) is 5.70. The highest BCUT2D eigenvalue weighted by molar-refractivity contribution is 5.81. The van der Waals surface area contributed by atoms with Gasteiger partial charge in [0.25, 0.3) is 0 Å². The molecule has 1 atom stereocenters. The zero-order valence-corrected chi connectivity index (χ0v) is 11.1. The number of aliphatic hydroxyl groups excluding tert-OH is 1. The third-order valence-corrected chi connectivity index (χ3v) is 3.41. The molecule has 0 radical (unpaired) electrons. The molecule has 0 bridgehead atoms. The summed E-state index contributed by atoms with van der Waals surface area (Å²) < 4.78 is 7.09. The fourth-order valence-electron chi connectivity index (χ4n) is 2.40. The number of morpholine rings is 1. The molecule has 2 aromatic rings. The highest BCUT2D eigenvalue weighted by Crippen LogP contribution is 2.14. The van der Waals surface area contributed by atoms with E-state index in [9.17, 15) is 5.11 Å². The van der Waals surface area contributed by atoms with Crippen molar-refractivity contribution in [3.63, 3.8) is 0 Å². The molecule has 1 saturated heterocycles. The summed E-state index contributed by atoms with van der Waals surface area (Å²) in [6.45, 7) is 4.22. The Bertz CT molecular complexity index is 580. The van der Waals surface area contributed by atoms with Gasteiger partial charge in [0.05, 0.1) is 32.2 Å². The summed E-state index contributed by atoms with van der Waals surface area (Å²) >= 11 is 0. The number of hydrogen-bond acceptors (Lipinski definition) is 7. The molecule has 1 aliphatic rings. The number of nitrogens with zero attached hydrogens (tertiary/aromatic N) is 5. The Morgan fingerprint density at radius 1 is 1.25 bits per heavy atom. The predicted octanol–water partition coefficient (Wildman–Crippen LogP) is -0.898. The number of nitrogen functional groups attached to an aromatic ring is 1. The van der Waals surface area contributed by atoms with Crippen molar-refractivity contribution in [3.05, 3.63) is 12.7 Å². The lowest BCUT2D eigenvalue weighted by atomic mass is 10.3. The van der Waals surface area contributed by atoms with Crippen LogP contribution in [0.4, 0.5) is 5.82 Å². The van der Waals surface area contributed by atoms with Gasteiger partial charge in [0.2, 0.25) is 0 Å². The molecule has 2 aromatic heterocycles. The summed E-state index contributed by atoms with van der Waals surface area (Å²) in [7, 11) is 0. The van der Waals surface area contributed by atoms with E-state index in [-0.39, 0.29) is 0 Å². The topological polar surface area (TPSA) is 102 Å². The maximum atomic E-state index is 10.2. The summed E-state index contributed by atoms with van der Waals surface area (Å²) in [5.41, 5.74) is 6.96. The minimum absolute atomic E-state index is 0.358. The second-order valence-corrected chi connectivity index (χ2v) is 4.89. The lowest BCUT2D eigenvalue weighted by Crippen LogP contribution is -2.41. The van der Waals surface area contributed by atoms with Crippen LogP contribution in [-0.2, 0) is 11.3 Å². The molecule has 0 aliphatic carbocycles. The van der Waals surface area contributed by atoms with Crippen LogP contribution in [0.25, 0.3) is 11.2 Å². The first kappa shape index (κ1) is 13.2. The number of fused-ring (bicyclic) bond motifs is 1. The van der Waals surface area contributed by atoms with E-state index in [4.69, 9.17) is 10.5 Å². The smallest absolute Gasteiger partial charge is 0.165 e. The van der Waals surface area contributed by atoms with E-state index < -0.39 is 6.10 Å². The highest BCUT2D eigenvalue weighted by Gasteiger charge is 2.16. The van der Waals surface area contributed by atoms with Crippen molar-refractivity contribution < 1.29 is 9.84 Å². The molecule has 0 spiro atoms. The highest BCUT2D eigenvalue weighted by atomic mass is 16.5. The van der Waals surface area contributed by atoms with Crippen molar-refractivity contribution in [1.29, 1.82) is 0 Å². The van der Waals surface area contributed by atoms with Gasteiger partial charge in [0.15, 0.2) is 11.5 Å². The molecule has 1 unspecified atom stereocenters. The number of hydrogen-bond donors (Lipinski definition) is 2. The third-order valence-electron chi connectivity index (χ3n) is 3.41. The number of ether oxygens (including phenoxy) is 1. The Kier molecular flexibility index (Phi) is 3.77. The van der Waals surface area contributed by atoms with E-state index in [1.165, 1.54) is 6.33 Å². The molecule has 20 heavy (non-hydrogen) atoms. The van der Waals surface area contributed by atoms with E-state index in [2.05, 4.69) is 19.9 Å². The number of nitrogens with two attached hydrogens (primary N) is 1. The van der Waals surface area contributed by atoms with Crippen LogP contribution in [0.3, 0.4) is 0 Å². The average molecular weight is 278 g/mol. The first-order valence-electron chi connectivity index (χ1n) is 6.63. The Morgan fingerprint density at radius 2 is 2.05 bits per heavy atom. The molecule has 1 fully saturated rings. The number of imidazole rings is 1. The Morgan fingerprint density at radius 3 is 2.85 bits per heavy atom. The Balaban J connectivity index is 1.68. The van der Waals surface area contributed by atoms with Crippen molar-refractivity contribution in [3.8, 4) is 0 Å². The van der Waals surface area contributed by atoms with Crippen LogP contribution in [0.5, 0.6) is 0 Å². The number of aliphatic hydroxyl groups is 1. The molecule has 3 heterocycles. The van der Waals surface area contributed by atoms with E-state index in [0.29, 0.717) is 30.1 Å². The number of rotatable bonds is 4. The Labute approximate surface area is 116 Å². The molecule has 3 rings (SSSR count). The number of anilines is 1. The van der Waals surface area contributed by atoms with Gasteiger partial charge >= 0.3 is 0 Å². The lowest BCUT2D eigenvalue weighted by Gasteiger charge is -2.28. The van der Waals surface area contributed by atoms with Crippen molar-refractivity contribution in [1.82, 2.24) is 24.4 Å². The first-order valence-corrected chi connectivity index (χ1v) is 6.63. The fourth-order valence-corrected chi connectivity index (χ4v) is 2.40. The minimum atomic E-state index is -0.485. The summed E-state index contributed by atoms with van der Waals surface area (Å²) in [4.78, 5) is 14.4. The summed E-state index contributed by atoms with van der Waals surface area (Å²) in [5, 5.41) is 10.2. The second-order valence-electron chi connectivity index (χ2n) is 4.89. The van der Waals surface area contributed by atoms with Crippen LogP contribution in [0, 0.1) is 0 Å². The normalized spacial score (nSPS) is 18.4. The van der Waals surface area contributed by atoms with Crippen LogP contribution >= 0.6 is 0 Å². The van der Waals surface area contributed by atoms with Gasteiger partial charge in [0.1, 0.15) is 11.8 Å². The predicted molar refractivity (Wildman–Crippen MR) is 73.0 cm³/mol. The van der Waals surface area contributed by atoms with Crippen LogP contribution in [0.1, 0.15) is 0 Å². The third kappa shape index (κ3) is 2.72. The minimum Gasteiger partial charge on any atom is -0.390 e. The maximum Gasteiger partial charge on any atom is 0.165 e. The van der Waals surface area contributed by atoms with E-state index in [0.717, 1.165) is 26.3 Å². The fraction of sp³-hybridized carbons (Fsp3) is 0.583. The molecule has 108 valence electrons. The monoisotopic (exact) mass is 278 g/mol. The molecule has 0 amide bonds. The van der Waals surface area contributed by atoms with E-state index in [1.807, 2.05) is 0 Å². The molecule has 0 aromatic carbocycles. The Hall–Kier alpha value is -1.77. The molecule has 3 N–H and O–H groups in total. The molecular formula is C12H18N6O2. The van der Waals surface area contributed by atoms with E-state index in [1.54, 1.807) is 10.9 Å². The van der Waals surface area contributed by atoms with Crippen LogP contribution in [-0.4, -0.2) is 68.5 Å². The summed E-state index contributed by atoms with van der Waals surface area (Å²) in [6.07, 6.45) is 2.56. The quantitative estimate of drug-likeness (QED) is 0.747. The molecule has 8 heteroatoms. The van der Waals surface area contributed by atoms with Gasteiger partial charge in [-0.1, -0.05) is 0 Å². The molecule has 0 saturated carbocycles. The maximum absolute atomic E-state index is 10.2. The van der Waals surface area contributed by atoms with Gasteiger partial charge in [-0.2, -0.15) is 0 Å². The van der Waals surface area contributed by atoms with Crippen molar-refractivity contribution >= 4 is 17.0 Å². The van der Waals surface area contributed by atoms with E-state index >= 15 is 0 Å². The lowest BCUT2D eigenvalue weighted by molar-refractivity contribution is 0.0117. The number of aromatic nitrogens is 4. The van der Waals surface area contributed by atoms with Gasteiger partial charge in [-0.05, 0) is 0 Å². The van der Waals surface area contributed by atoms with Gasteiger partial charge in [-0.15, -0.1) is 0 Å². The van der Waals surface area contributed by atoms with Crippen molar-refractivity contribution in [2.45, 2.75) is 12.6 Å². The SMILES string of the molecule is Nc1ncnc2c1ncn2CC(O)CN1CCOCC1. The standard InChI is InChI=1S/C12H18N6O2/c13-11-10-12(15-7-14-11)18(8-16-10)6-9(19)5-17-1-3-20-4-2-17/h7-9,19H,1-6H2,(H2,13,14,15). The molecular weight excluding hydrogens is 260 g/mol. The van der Waals surface area contributed by atoms with Crippen molar-refractivity contribution in [2.24, 2.45) is 0 Å². The van der Waals surface area contributed by atoms with Crippen LogP contribution in [0.2, 0.25) is 0 Å². The van der Waals surface area contributed by atoms with Gasteiger partial charge in [-0.3, -0.25) is 4.90 Å². The summed E-state index contributed by atoms with van der Waals surface area (Å²) in [5.74, 6) is 0.358. The number of β-amino-alcohol motifs (C(OH)–C–C–N with tert-alkyl or cyclic N) is 1. The van der Waals surface area contributed by atoms with Gasteiger partial charge in [-0.25, -0.2) is 15.0 Å². The van der Waals surface area contributed by atoms with Crippen LogP contribution in [0.15, 0.2) is 12.7 Å².